The van der Waals surface area contributed by atoms with Crippen molar-refractivity contribution in [2.45, 2.75) is 31.2 Å². The predicted octanol–water partition coefficient (Wildman–Crippen LogP) is 0.804. The molecule has 0 saturated carbocycles. The first-order valence-corrected chi connectivity index (χ1v) is 7.60. The van der Waals surface area contributed by atoms with E-state index in [-0.39, 0.29) is 22.8 Å². The van der Waals surface area contributed by atoms with Crippen molar-refractivity contribution in [2.75, 3.05) is 6.61 Å². The number of carboxylic acids is 1. The van der Waals surface area contributed by atoms with E-state index < -0.39 is 22.0 Å². The van der Waals surface area contributed by atoms with Crippen molar-refractivity contribution in [2.24, 2.45) is 0 Å². The monoisotopic (exact) mass is 293 g/mol. The van der Waals surface area contributed by atoms with Gasteiger partial charge in [-0.1, -0.05) is 0 Å². The van der Waals surface area contributed by atoms with Gasteiger partial charge in [0.25, 0.3) is 0 Å². The average molecular weight is 293 g/mol. The average Bonchev–Trinajstić information content (AvgIpc) is 2.60. The molecule has 1 rings (SSSR count). The summed E-state index contributed by atoms with van der Waals surface area (Å²) in [5.74, 6) is -1.26. The van der Waals surface area contributed by atoms with E-state index in [0.29, 0.717) is 5.56 Å². The Hall–Kier alpha value is -0.960. The van der Waals surface area contributed by atoms with Gasteiger partial charge in [0.1, 0.15) is 9.77 Å². The van der Waals surface area contributed by atoms with Crippen molar-refractivity contribution in [3.05, 3.63) is 15.8 Å². The Morgan fingerprint density at radius 1 is 1.56 bits per heavy atom. The van der Waals surface area contributed by atoms with E-state index >= 15 is 0 Å². The van der Waals surface area contributed by atoms with Crippen LogP contribution in [0, 0.1) is 6.92 Å². The van der Waals surface area contributed by atoms with Crippen molar-refractivity contribution in [1.82, 2.24) is 4.72 Å². The Morgan fingerprint density at radius 3 is 2.67 bits per heavy atom. The maximum atomic E-state index is 12.1. The molecular weight excluding hydrogens is 278 g/mol. The maximum Gasteiger partial charge on any atom is 0.347 e. The fraction of sp³-hybridized carbons (Fsp3) is 0.500. The van der Waals surface area contributed by atoms with Crippen LogP contribution in [0.2, 0.25) is 0 Å². The van der Waals surface area contributed by atoms with Gasteiger partial charge >= 0.3 is 5.97 Å². The van der Waals surface area contributed by atoms with E-state index in [1.807, 2.05) is 0 Å². The highest BCUT2D eigenvalue weighted by Crippen LogP contribution is 2.26. The van der Waals surface area contributed by atoms with Crippen LogP contribution in [-0.2, 0) is 10.0 Å². The third kappa shape index (κ3) is 3.29. The molecule has 1 aromatic heterocycles. The molecule has 3 N–H and O–H groups in total. The van der Waals surface area contributed by atoms with Crippen molar-refractivity contribution in [3.63, 3.8) is 0 Å². The van der Waals surface area contributed by atoms with Crippen molar-refractivity contribution in [3.8, 4) is 0 Å². The van der Waals surface area contributed by atoms with E-state index in [2.05, 4.69) is 4.72 Å². The molecule has 102 valence electrons. The van der Waals surface area contributed by atoms with Gasteiger partial charge in [-0.15, -0.1) is 11.3 Å². The molecule has 0 fully saturated rings. The molecule has 1 aromatic rings. The summed E-state index contributed by atoms with van der Waals surface area (Å²) < 4.78 is 26.5. The molecule has 0 bridgehead atoms. The Balaban J connectivity index is 3.12. The van der Waals surface area contributed by atoms with Crippen LogP contribution in [0.25, 0.3) is 0 Å². The van der Waals surface area contributed by atoms with Crippen LogP contribution >= 0.6 is 11.3 Å². The van der Waals surface area contributed by atoms with Gasteiger partial charge in [0.05, 0.1) is 0 Å². The van der Waals surface area contributed by atoms with Crippen LogP contribution in [0.15, 0.2) is 10.3 Å². The van der Waals surface area contributed by atoms with Crippen molar-refractivity contribution >= 4 is 27.3 Å². The molecule has 0 spiro atoms. The molecule has 8 heteroatoms. The van der Waals surface area contributed by atoms with Crippen molar-refractivity contribution in [1.29, 1.82) is 0 Å². The standard InChI is InChI=1S/C10H15NO5S2/c1-6-5-17-8(10(13)14)9(6)18(15,16)11-7(2)3-4-12/h5,7,11-12H,3-4H2,1-2H3,(H,13,14). The second kappa shape index (κ2) is 5.79. The smallest absolute Gasteiger partial charge is 0.347 e. The topological polar surface area (TPSA) is 104 Å². The summed E-state index contributed by atoms with van der Waals surface area (Å²) in [6.07, 6.45) is 0.269. The summed E-state index contributed by atoms with van der Waals surface area (Å²) in [5.41, 5.74) is 0.404. The first kappa shape index (κ1) is 15.1. The first-order chi connectivity index (χ1) is 8.29. The quantitative estimate of drug-likeness (QED) is 0.720. The van der Waals surface area contributed by atoms with E-state index in [1.165, 1.54) is 5.38 Å². The van der Waals surface area contributed by atoms with Crippen LogP contribution in [0.3, 0.4) is 0 Å². The molecule has 0 saturated heterocycles. The number of carbonyl (C=O) groups is 1. The summed E-state index contributed by atoms with van der Waals surface area (Å²) in [6.45, 7) is 3.02. The number of hydrogen-bond acceptors (Lipinski definition) is 5. The van der Waals surface area contributed by atoms with Crippen LogP contribution < -0.4 is 4.72 Å². The van der Waals surface area contributed by atoms with Crippen LogP contribution in [-0.4, -0.2) is 37.2 Å². The number of carboxylic acid groups (broad SMARTS) is 1. The summed E-state index contributed by atoms with van der Waals surface area (Å²) in [5, 5.41) is 19.2. The lowest BCUT2D eigenvalue weighted by Crippen LogP contribution is -2.34. The minimum absolute atomic E-state index is 0.141. The molecule has 0 radical (unpaired) electrons. The number of nitrogens with one attached hydrogen (secondary N) is 1. The molecule has 0 amide bonds. The predicted molar refractivity (Wildman–Crippen MR) is 67.5 cm³/mol. The molecule has 0 aliphatic heterocycles. The summed E-state index contributed by atoms with van der Waals surface area (Å²) in [6, 6.07) is -0.457. The van der Waals surface area contributed by atoms with Gasteiger partial charge in [-0.25, -0.2) is 17.9 Å². The lowest BCUT2D eigenvalue weighted by molar-refractivity contribution is 0.0698. The van der Waals surface area contributed by atoms with Gasteiger partial charge in [0.2, 0.25) is 10.0 Å². The number of aryl methyl sites for hydroxylation is 1. The highest BCUT2D eigenvalue weighted by atomic mass is 32.2. The summed E-state index contributed by atoms with van der Waals surface area (Å²) in [4.78, 5) is 10.6. The molecule has 1 unspecified atom stereocenters. The van der Waals surface area contributed by atoms with Crippen LogP contribution in [0.5, 0.6) is 0 Å². The number of aliphatic hydroxyl groups excluding tert-OH is 1. The summed E-state index contributed by atoms with van der Waals surface area (Å²) in [7, 11) is -3.88. The van der Waals surface area contributed by atoms with Gasteiger partial charge in [0.15, 0.2) is 0 Å². The SMILES string of the molecule is Cc1csc(C(=O)O)c1S(=O)(=O)NC(C)CCO. The Kier molecular flexibility index (Phi) is 4.85. The molecule has 6 nitrogen and oxygen atoms in total. The minimum Gasteiger partial charge on any atom is -0.477 e. The fourth-order valence-corrected chi connectivity index (χ4v) is 4.40. The molecule has 0 aliphatic carbocycles. The molecule has 1 atom stereocenters. The number of hydrogen-bond donors (Lipinski definition) is 3. The second-order valence-corrected chi connectivity index (χ2v) is 6.45. The highest BCUT2D eigenvalue weighted by molar-refractivity contribution is 7.89. The van der Waals surface area contributed by atoms with E-state index in [1.54, 1.807) is 13.8 Å². The van der Waals surface area contributed by atoms with Gasteiger partial charge in [-0.05, 0) is 31.2 Å². The normalized spacial score (nSPS) is 13.5. The largest absolute Gasteiger partial charge is 0.477 e. The minimum atomic E-state index is -3.88. The number of aliphatic hydroxyl groups is 1. The van der Waals surface area contributed by atoms with E-state index in [4.69, 9.17) is 10.2 Å². The summed E-state index contributed by atoms with van der Waals surface area (Å²) >= 11 is 0.883. The Morgan fingerprint density at radius 2 is 2.17 bits per heavy atom. The van der Waals surface area contributed by atoms with Gasteiger partial charge in [-0.2, -0.15) is 0 Å². The second-order valence-electron chi connectivity index (χ2n) is 3.92. The first-order valence-electron chi connectivity index (χ1n) is 5.24. The lowest BCUT2D eigenvalue weighted by Gasteiger charge is -2.13. The zero-order valence-electron chi connectivity index (χ0n) is 10.0. The molecule has 0 aromatic carbocycles. The number of thiophene rings is 1. The van der Waals surface area contributed by atoms with Gasteiger partial charge < -0.3 is 10.2 Å². The molecule has 1 heterocycles. The number of rotatable bonds is 6. The third-order valence-corrected chi connectivity index (χ3v) is 5.29. The zero-order chi connectivity index (χ0) is 13.9. The third-order valence-electron chi connectivity index (χ3n) is 2.30. The van der Waals surface area contributed by atoms with Gasteiger partial charge in [-0.3, -0.25) is 0 Å². The highest BCUT2D eigenvalue weighted by Gasteiger charge is 2.27. The van der Waals surface area contributed by atoms with E-state index in [0.717, 1.165) is 11.3 Å². The van der Waals surface area contributed by atoms with E-state index in [9.17, 15) is 13.2 Å². The number of aromatic carboxylic acids is 1. The molecular formula is C10H15NO5S2. The van der Waals surface area contributed by atoms with Crippen LogP contribution in [0.1, 0.15) is 28.6 Å². The van der Waals surface area contributed by atoms with Crippen molar-refractivity contribution < 1.29 is 23.4 Å². The number of sulfonamides is 1. The Labute approximate surface area is 109 Å². The maximum absolute atomic E-state index is 12.1. The molecule has 18 heavy (non-hydrogen) atoms. The zero-order valence-corrected chi connectivity index (χ0v) is 11.6. The van der Waals surface area contributed by atoms with Gasteiger partial charge in [0, 0.05) is 12.6 Å². The lowest BCUT2D eigenvalue weighted by atomic mass is 10.3. The van der Waals surface area contributed by atoms with Crippen LogP contribution in [0.4, 0.5) is 0 Å². The fourth-order valence-electron chi connectivity index (χ4n) is 1.49. The Bertz CT molecular complexity index is 534. The molecule has 0 aliphatic rings.